The van der Waals surface area contributed by atoms with E-state index in [0.717, 1.165) is 0 Å². The van der Waals surface area contributed by atoms with Crippen molar-refractivity contribution < 1.29 is 18.7 Å². The third-order valence-electron chi connectivity index (χ3n) is 3.18. The lowest BCUT2D eigenvalue weighted by atomic mass is 10.1. The molecule has 0 unspecified atom stereocenters. The first-order valence-electron chi connectivity index (χ1n) is 6.83. The number of ether oxygens (including phenoxy) is 1. The Morgan fingerprint density at radius 3 is 2.61 bits per heavy atom. The second kappa shape index (κ2) is 7.19. The smallest absolute Gasteiger partial charge is 0.339 e. The average molecular weight is 337 g/mol. The average Bonchev–Trinajstić information content (AvgIpc) is 3.04. The molecule has 1 N–H and O–H groups in total. The summed E-state index contributed by atoms with van der Waals surface area (Å²) in [6.07, 6.45) is 1.56. The molecular formula is C16H17ClN2O4. The van der Waals surface area contributed by atoms with Crippen molar-refractivity contribution in [1.82, 2.24) is 4.90 Å². The highest BCUT2D eigenvalue weighted by Crippen LogP contribution is 2.27. The van der Waals surface area contributed by atoms with E-state index in [4.69, 9.17) is 20.8 Å². The number of furan rings is 1. The van der Waals surface area contributed by atoms with E-state index >= 15 is 0 Å². The molecule has 23 heavy (non-hydrogen) atoms. The fourth-order valence-electron chi connectivity index (χ4n) is 2.00. The standard InChI is InChI=1S/C16H17ClN2O4/c1-19(2)15(20)11-7-12(16(21)22-3)14(8-13(11)17)18-9-10-5-4-6-23-10/h4-8,18H,9H2,1-3H3. The number of anilines is 1. The molecule has 0 saturated heterocycles. The fourth-order valence-corrected chi connectivity index (χ4v) is 2.24. The van der Waals surface area contributed by atoms with E-state index in [1.54, 1.807) is 32.5 Å². The summed E-state index contributed by atoms with van der Waals surface area (Å²) >= 11 is 6.19. The van der Waals surface area contributed by atoms with Gasteiger partial charge in [0.1, 0.15) is 5.76 Å². The minimum Gasteiger partial charge on any atom is -0.467 e. The lowest BCUT2D eigenvalue weighted by Crippen LogP contribution is -2.23. The van der Waals surface area contributed by atoms with Crippen molar-refractivity contribution in [2.24, 2.45) is 0 Å². The lowest BCUT2D eigenvalue weighted by Gasteiger charge is -2.16. The number of halogens is 1. The van der Waals surface area contributed by atoms with Gasteiger partial charge in [-0.25, -0.2) is 4.79 Å². The summed E-state index contributed by atoms with van der Waals surface area (Å²) in [4.78, 5) is 25.5. The maximum Gasteiger partial charge on any atom is 0.339 e. The second-order valence-electron chi connectivity index (χ2n) is 5.00. The monoisotopic (exact) mass is 336 g/mol. The second-order valence-corrected chi connectivity index (χ2v) is 5.41. The SMILES string of the molecule is COC(=O)c1cc(C(=O)N(C)C)c(Cl)cc1NCc1ccco1. The van der Waals surface area contributed by atoms with Crippen LogP contribution in [0, 0.1) is 0 Å². The number of esters is 1. The maximum atomic E-state index is 12.1. The van der Waals surface area contributed by atoms with E-state index in [9.17, 15) is 9.59 Å². The molecule has 2 aromatic rings. The molecular weight excluding hydrogens is 320 g/mol. The first kappa shape index (κ1) is 16.9. The molecule has 0 fully saturated rings. The molecule has 1 aromatic carbocycles. The number of benzene rings is 1. The minimum atomic E-state index is -0.559. The zero-order valence-electron chi connectivity index (χ0n) is 13.1. The highest BCUT2D eigenvalue weighted by atomic mass is 35.5. The van der Waals surface area contributed by atoms with Crippen molar-refractivity contribution in [3.05, 3.63) is 52.4 Å². The van der Waals surface area contributed by atoms with Gasteiger partial charge in [-0.3, -0.25) is 4.79 Å². The number of methoxy groups -OCH3 is 1. The van der Waals surface area contributed by atoms with Crippen molar-refractivity contribution >= 4 is 29.2 Å². The highest BCUT2D eigenvalue weighted by Gasteiger charge is 2.20. The topological polar surface area (TPSA) is 71.8 Å². The number of amides is 1. The van der Waals surface area contributed by atoms with Crippen LogP contribution in [0.1, 0.15) is 26.5 Å². The van der Waals surface area contributed by atoms with Gasteiger partial charge in [0.2, 0.25) is 0 Å². The largest absolute Gasteiger partial charge is 0.467 e. The molecule has 1 heterocycles. The number of nitrogens with zero attached hydrogens (tertiary/aromatic N) is 1. The summed E-state index contributed by atoms with van der Waals surface area (Å²) in [6, 6.07) is 6.54. The number of hydrogen-bond acceptors (Lipinski definition) is 5. The summed E-state index contributed by atoms with van der Waals surface area (Å²) < 4.78 is 10.0. The maximum absolute atomic E-state index is 12.1. The van der Waals surface area contributed by atoms with Gasteiger partial charge in [-0.1, -0.05) is 11.6 Å². The predicted octanol–water partition coefficient (Wildman–Crippen LogP) is 3.03. The van der Waals surface area contributed by atoms with Crippen molar-refractivity contribution in [2.75, 3.05) is 26.5 Å². The van der Waals surface area contributed by atoms with Gasteiger partial charge < -0.3 is 19.4 Å². The summed E-state index contributed by atoms with van der Waals surface area (Å²) in [6.45, 7) is 0.369. The first-order valence-corrected chi connectivity index (χ1v) is 7.21. The predicted molar refractivity (Wildman–Crippen MR) is 86.8 cm³/mol. The Bertz CT molecular complexity index is 711. The van der Waals surface area contributed by atoms with E-state index in [2.05, 4.69) is 5.32 Å². The van der Waals surface area contributed by atoms with Crippen LogP contribution in [0.4, 0.5) is 5.69 Å². The Balaban J connectivity index is 2.38. The number of rotatable bonds is 5. The summed E-state index contributed by atoms with van der Waals surface area (Å²) in [5, 5.41) is 3.31. The van der Waals surface area contributed by atoms with Crippen LogP contribution < -0.4 is 5.32 Å². The van der Waals surface area contributed by atoms with E-state index in [-0.39, 0.29) is 22.1 Å². The molecule has 0 atom stereocenters. The van der Waals surface area contributed by atoms with Crippen LogP contribution in [0.5, 0.6) is 0 Å². The van der Waals surface area contributed by atoms with Crippen LogP contribution in [-0.2, 0) is 11.3 Å². The molecule has 2 rings (SSSR count). The molecule has 0 bridgehead atoms. The number of carbonyl (C=O) groups is 2. The van der Waals surface area contributed by atoms with E-state index < -0.39 is 5.97 Å². The molecule has 0 aliphatic rings. The van der Waals surface area contributed by atoms with Crippen LogP contribution in [0.15, 0.2) is 34.9 Å². The third kappa shape index (κ3) is 3.84. The van der Waals surface area contributed by atoms with Gasteiger partial charge in [-0.15, -0.1) is 0 Å². The molecule has 0 aliphatic carbocycles. The van der Waals surface area contributed by atoms with E-state index in [1.807, 2.05) is 0 Å². The van der Waals surface area contributed by atoms with Crippen LogP contribution in [-0.4, -0.2) is 38.0 Å². The van der Waals surface area contributed by atoms with Gasteiger partial charge in [0.25, 0.3) is 5.91 Å². The molecule has 0 aliphatic heterocycles. The van der Waals surface area contributed by atoms with Gasteiger partial charge in [-0.05, 0) is 24.3 Å². The van der Waals surface area contributed by atoms with Crippen molar-refractivity contribution in [1.29, 1.82) is 0 Å². The van der Waals surface area contributed by atoms with E-state index in [1.165, 1.54) is 24.1 Å². The molecule has 1 amide bonds. The number of hydrogen-bond donors (Lipinski definition) is 1. The highest BCUT2D eigenvalue weighted by molar-refractivity contribution is 6.34. The summed E-state index contributed by atoms with van der Waals surface area (Å²) in [5.74, 6) is -0.153. The molecule has 0 radical (unpaired) electrons. The van der Waals surface area contributed by atoms with Gasteiger partial charge >= 0.3 is 5.97 Å². The molecule has 0 spiro atoms. The fraction of sp³-hybridized carbons (Fsp3) is 0.250. The Morgan fingerprint density at radius 1 is 1.30 bits per heavy atom. The molecule has 6 nitrogen and oxygen atoms in total. The van der Waals surface area contributed by atoms with Crippen molar-refractivity contribution in [2.45, 2.75) is 6.54 Å². The number of carbonyl (C=O) groups excluding carboxylic acids is 2. The van der Waals surface area contributed by atoms with Crippen LogP contribution in [0.25, 0.3) is 0 Å². The van der Waals surface area contributed by atoms with Gasteiger partial charge in [0.05, 0.1) is 41.8 Å². The molecule has 7 heteroatoms. The normalized spacial score (nSPS) is 10.3. The third-order valence-corrected chi connectivity index (χ3v) is 3.49. The van der Waals surface area contributed by atoms with Crippen LogP contribution >= 0.6 is 11.6 Å². The molecule has 1 aromatic heterocycles. The van der Waals surface area contributed by atoms with Crippen LogP contribution in [0.3, 0.4) is 0 Å². The van der Waals surface area contributed by atoms with Crippen molar-refractivity contribution in [3.63, 3.8) is 0 Å². The number of nitrogens with one attached hydrogen (secondary N) is 1. The zero-order chi connectivity index (χ0) is 17.0. The summed E-state index contributed by atoms with van der Waals surface area (Å²) in [5.41, 5.74) is 0.933. The Labute approximate surface area is 139 Å². The molecule has 122 valence electrons. The minimum absolute atomic E-state index is 0.230. The van der Waals surface area contributed by atoms with E-state index in [0.29, 0.717) is 18.0 Å². The van der Waals surface area contributed by atoms with Gasteiger partial charge in [0.15, 0.2) is 0 Å². The van der Waals surface area contributed by atoms with Gasteiger partial charge in [-0.2, -0.15) is 0 Å². The lowest BCUT2D eigenvalue weighted by molar-refractivity contribution is 0.0601. The zero-order valence-corrected chi connectivity index (χ0v) is 13.8. The van der Waals surface area contributed by atoms with Crippen molar-refractivity contribution in [3.8, 4) is 0 Å². The Hall–Kier alpha value is -2.47. The Kier molecular flexibility index (Phi) is 5.28. The Morgan fingerprint density at radius 2 is 2.04 bits per heavy atom. The summed E-state index contributed by atoms with van der Waals surface area (Å²) in [7, 11) is 4.50. The quantitative estimate of drug-likeness (QED) is 0.850. The first-order chi connectivity index (χ1) is 10.9. The van der Waals surface area contributed by atoms with Gasteiger partial charge in [0, 0.05) is 14.1 Å². The molecule has 0 saturated carbocycles. The van der Waals surface area contributed by atoms with Crippen LogP contribution in [0.2, 0.25) is 5.02 Å².